The van der Waals surface area contributed by atoms with Gasteiger partial charge >= 0.3 is 5.97 Å². The molecular weight excluding hydrogens is 374 g/mol. The molecule has 29 heavy (non-hydrogen) atoms. The number of pyridine rings is 1. The molecule has 0 radical (unpaired) electrons. The summed E-state index contributed by atoms with van der Waals surface area (Å²) < 4.78 is 6.73. The van der Waals surface area contributed by atoms with Crippen LogP contribution < -0.4 is 5.32 Å². The fourth-order valence-electron chi connectivity index (χ4n) is 3.26. The Balaban J connectivity index is 1.70. The maximum Gasteiger partial charge on any atom is 0.325 e. The van der Waals surface area contributed by atoms with E-state index in [2.05, 4.69) is 41.3 Å². The molecule has 1 fully saturated rings. The van der Waals surface area contributed by atoms with Crippen molar-refractivity contribution in [3.8, 4) is 0 Å². The van der Waals surface area contributed by atoms with Crippen LogP contribution >= 0.6 is 0 Å². The Morgan fingerprint density at radius 3 is 2.76 bits per heavy atom. The van der Waals surface area contributed by atoms with E-state index in [9.17, 15) is 9.59 Å². The fourth-order valence-corrected chi connectivity index (χ4v) is 3.26. The van der Waals surface area contributed by atoms with Crippen LogP contribution in [0.25, 0.3) is 11.1 Å². The van der Waals surface area contributed by atoms with E-state index in [0.717, 1.165) is 18.5 Å². The molecule has 1 aliphatic rings. The molecule has 2 N–H and O–H groups in total. The minimum atomic E-state index is -1.01. The molecule has 0 bridgehead atoms. The highest BCUT2D eigenvalue weighted by Gasteiger charge is 2.30. The van der Waals surface area contributed by atoms with Gasteiger partial charge in [0, 0.05) is 23.9 Å². The number of rotatable bonds is 6. The monoisotopic (exact) mass is 397 g/mol. The average Bonchev–Trinajstić information content (AvgIpc) is 3.27. The van der Waals surface area contributed by atoms with Crippen LogP contribution in [0.1, 0.15) is 61.3 Å². The van der Waals surface area contributed by atoms with Gasteiger partial charge in [-0.3, -0.25) is 14.3 Å². The van der Waals surface area contributed by atoms with Gasteiger partial charge in [-0.2, -0.15) is 5.10 Å². The van der Waals surface area contributed by atoms with Crippen LogP contribution in [0, 0.1) is 5.41 Å². The van der Waals surface area contributed by atoms with Crippen LogP contribution in [-0.4, -0.2) is 36.9 Å². The summed E-state index contributed by atoms with van der Waals surface area (Å²) in [4.78, 5) is 28.5. The van der Waals surface area contributed by atoms with Gasteiger partial charge < -0.3 is 14.9 Å². The zero-order valence-electron chi connectivity index (χ0n) is 16.6. The highest BCUT2D eigenvalue weighted by atomic mass is 16.5. The molecule has 0 spiro atoms. The van der Waals surface area contributed by atoms with Crippen LogP contribution in [0.4, 0.5) is 5.82 Å². The summed E-state index contributed by atoms with van der Waals surface area (Å²) in [5.74, 6) is -0.731. The van der Waals surface area contributed by atoms with Gasteiger partial charge in [0.15, 0.2) is 5.82 Å². The van der Waals surface area contributed by atoms with Crippen LogP contribution in [0.2, 0.25) is 0 Å². The average molecular weight is 397 g/mol. The third-order valence-corrected chi connectivity index (χ3v) is 4.65. The maximum absolute atomic E-state index is 13.1. The molecule has 3 aromatic rings. The zero-order chi connectivity index (χ0) is 20.8. The fraction of sp³-hybridized carbons (Fsp3) is 0.450. The first kappa shape index (κ1) is 19.1. The highest BCUT2D eigenvalue weighted by molar-refractivity contribution is 6.12. The summed E-state index contributed by atoms with van der Waals surface area (Å²) in [5, 5.41) is 20.5. The lowest BCUT2D eigenvalue weighted by molar-refractivity contribution is -0.137. The molecule has 0 saturated heterocycles. The Hall–Kier alpha value is -3.23. The molecule has 152 valence electrons. The standard InChI is InChI=1S/C20H23N5O4/c1-20(2,3)9-14-17-12(8-13(11-4-5-11)21-19(17)29-24-14)18(28)22-15-6-7-25(23-15)10-16(26)27/h6-8,11H,4-5,9-10H2,1-3H3,(H,26,27)(H,22,23,28). The van der Waals surface area contributed by atoms with Gasteiger partial charge in [-0.25, -0.2) is 4.98 Å². The van der Waals surface area contributed by atoms with Gasteiger partial charge in [0.2, 0.25) is 0 Å². The number of carbonyl (C=O) groups is 2. The van der Waals surface area contributed by atoms with Crippen molar-refractivity contribution in [2.75, 3.05) is 5.32 Å². The third kappa shape index (κ3) is 4.28. The van der Waals surface area contributed by atoms with Gasteiger partial charge in [0.25, 0.3) is 11.6 Å². The zero-order valence-corrected chi connectivity index (χ0v) is 16.6. The number of hydrogen-bond acceptors (Lipinski definition) is 6. The molecule has 1 amide bonds. The largest absolute Gasteiger partial charge is 0.480 e. The summed E-state index contributed by atoms with van der Waals surface area (Å²) in [6, 6.07) is 3.37. The number of aromatic nitrogens is 4. The Morgan fingerprint density at radius 2 is 2.10 bits per heavy atom. The van der Waals surface area contributed by atoms with Crippen molar-refractivity contribution >= 4 is 28.8 Å². The van der Waals surface area contributed by atoms with Gasteiger partial charge in [-0.1, -0.05) is 25.9 Å². The molecule has 3 aromatic heterocycles. The number of anilines is 1. The summed E-state index contributed by atoms with van der Waals surface area (Å²) in [5.41, 5.74) is 2.31. The van der Waals surface area contributed by atoms with Gasteiger partial charge in [-0.05, 0) is 30.7 Å². The maximum atomic E-state index is 13.1. The first-order chi connectivity index (χ1) is 13.7. The second kappa shape index (κ2) is 6.98. The smallest absolute Gasteiger partial charge is 0.325 e. The Kier molecular flexibility index (Phi) is 4.60. The normalized spacial score (nSPS) is 14.3. The lowest BCUT2D eigenvalue weighted by Gasteiger charge is -2.16. The van der Waals surface area contributed by atoms with Crippen molar-refractivity contribution < 1.29 is 19.2 Å². The van der Waals surface area contributed by atoms with Crippen molar-refractivity contribution in [3.05, 3.63) is 35.3 Å². The minimum absolute atomic E-state index is 0.0394. The molecule has 1 saturated carbocycles. The minimum Gasteiger partial charge on any atom is -0.480 e. The topological polar surface area (TPSA) is 123 Å². The van der Waals surface area contributed by atoms with Gasteiger partial charge in [-0.15, -0.1) is 0 Å². The second-order valence-electron chi connectivity index (χ2n) is 8.66. The molecule has 0 atom stereocenters. The van der Waals surface area contributed by atoms with E-state index in [0.29, 0.717) is 34.7 Å². The predicted octanol–water partition coefficient (Wildman–Crippen LogP) is 3.22. The van der Waals surface area contributed by atoms with Crippen molar-refractivity contribution in [2.24, 2.45) is 5.41 Å². The summed E-state index contributed by atoms with van der Waals surface area (Å²) in [7, 11) is 0. The number of carbonyl (C=O) groups excluding carboxylic acids is 1. The summed E-state index contributed by atoms with van der Waals surface area (Å²) >= 11 is 0. The molecule has 9 heteroatoms. The molecule has 0 aromatic carbocycles. The lowest BCUT2D eigenvalue weighted by Crippen LogP contribution is -2.16. The molecule has 3 heterocycles. The van der Waals surface area contributed by atoms with E-state index in [1.165, 1.54) is 10.9 Å². The van der Waals surface area contributed by atoms with Crippen LogP contribution in [0.5, 0.6) is 0 Å². The third-order valence-electron chi connectivity index (χ3n) is 4.65. The summed E-state index contributed by atoms with van der Waals surface area (Å²) in [6.45, 7) is 6.00. The SMILES string of the molecule is CC(C)(C)Cc1noc2nc(C3CC3)cc(C(=O)Nc3ccn(CC(=O)O)n3)c12. The van der Waals surface area contributed by atoms with E-state index < -0.39 is 5.97 Å². The Morgan fingerprint density at radius 1 is 1.34 bits per heavy atom. The Bertz CT molecular complexity index is 1090. The van der Waals surface area contributed by atoms with Gasteiger partial charge in [0.1, 0.15) is 6.54 Å². The predicted molar refractivity (Wildman–Crippen MR) is 105 cm³/mol. The second-order valence-corrected chi connectivity index (χ2v) is 8.66. The van der Waals surface area contributed by atoms with Crippen molar-refractivity contribution in [1.29, 1.82) is 0 Å². The highest BCUT2D eigenvalue weighted by Crippen LogP contribution is 2.41. The molecule has 0 unspecified atom stereocenters. The number of nitrogens with one attached hydrogen (secondary N) is 1. The van der Waals surface area contributed by atoms with Crippen molar-refractivity contribution in [2.45, 2.75) is 52.5 Å². The van der Waals surface area contributed by atoms with E-state index in [4.69, 9.17) is 9.63 Å². The van der Waals surface area contributed by atoms with Crippen LogP contribution in [0.3, 0.4) is 0 Å². The van der Waals surface area contributed by atoms with E-state index in [1.807, 2.05) is 6.07 Å². The summed E-state index contributed by atoms with van der Waals surface area (Å²) in [6.07, 6.45) is 4.23. The molecule has 9 nitrogen and oxygen atoms in total. The number of aliphatic carboxylic acids is 1. The first-order valence-corrected chi connectivity index (χ1v) is 9.55. The molecular formula is C20H23N5O4. The van der Waals surface area contributed by atoms with Crippen molar-refractivity contribution in [3.63, 3.8) is 0 Å². The lowest BCUT2D eigenvalue weighted by atomic mass is 9.89. The molecule has 0 aliphatic heterocycles. The number of amides is 1. The van der Waals surface area contributed by atoms with Gasteiger partial charge in [0.05, 0.1) is 16.6 Å². The molecule has 4 rings (SSSR count). The number of nitrogens with zero attached hydrogens (tertiary/aromatic N) is 4. The van der Waals surface area contributed by atoms with E-state index >= 15 is 0 Å². The van der Waals surface area contributed by atoms with E-state index in [-0.39, 0.29) is 23.7 Å². The van der Waals surface area contributed by atoms with E-state index in [1.54, 1.807) is 6.07 Å². The number of carboxylic acid groups (broad SMARTS) is 1. The number of carboxylic acids is 1. The van der Waals surface area contributed by atoms with Crippen LogP contribution in [0.15, 0.2) is 22.9 Å². The Labute approximate surface area is 167 Å². The van der Waals surface area contributed by atoms with Crippen molar-refractivity contribution in [1.82, 2.24) is 19.9 Å². The number of fused-ring (bicyclic) bond motifs is 1. The quantitative estimate of drug-likeness (QED) is 0.654. The molecule has 1 aliphatic carbocycles. The first-order valence-electron chi connectivity index (χ1n) is 9.55. The number of hydrogen-bond donors (Lipinski definition) is 2. The van der Waals surface area contributed by atoms with Crippen LogP contribution in [-0.2, 0) is 17.8 Å².